The second-order valence-corrected chi connectivity index (χ2v) is 4.37. The van der Waals surface area contributed by atoms with E-state index in [1.165, 1.54) is 5.56 Å². The summed E-state index contributed by atoms with van der Waals surface area (Å²) < 4.78 is 11.3. The Morgan fingerprint density at radius 2 is 2.00 bits per heavy atom. The van der Waals surface area contributed by atoms with Gasteiger partial charge in [0, 0.05) is 25.3 Å². The Labute approximate surface area is 88.6 Å². The first-order valence-electron chi connectivity index (χ1n) is 5.36. The van der Waals surface area contributed by atoms with Crippen molar-refractivity contribution in [2.45, 2.75) is 24.9 Å². The predicted molar refractivity (Wildman–Crippen MR) is 55.2 cm³/mol. The summed E-state index contributed by atoms with van der Waals surface area (Å²) in [5.41, 5.74) is 1.14. The molecule has 0 unspecified atom stereocenters. The Balaban J connectivity index is 1.90. The Morgan fingerprint density at radius 1 is 1.20 bits per heavy atom. The van der Waals surface area contributed by atoms with E-state index in [2.05, 4.69) is 0 Å². The zero-order chi connectivity index (χ0) is 10.3. The van der Waals surface area contributed by atoms with Crippen molar-refractivity contribution in [1.82, 2.24) is 0 Å². The van der Waals surface area contributed by atoms with Gasteiger partial charge in [0.15, 0.2) is 0 Å². The molecule has 3 heteroatoms. The van der Waals surface area contributed by atoms with Gasteiger partial charge in [-0.05, 0) is 11.6 Å². The van der Waals surface area contributed by atoms with Gasteiger partial charge in [-0.1, -0.05) is 6.07 Å². The molecule has 15 heavy (non-hydrogen) atoms. The molecular formula is C12H14O3. The van der Waals surface area contributed by atoms with E-state index in [1.807, 2.05) is 6.07 Å². The van der Waals surface area contributed by atoms with Gasteiger partial charge in [-0.15, -0.1) is 0 Å². The van der Waals surface area contributed by atoms with Gasteiger partial charge in [0.05, 0.1) is 13.2 Å². The van der Waals surface area contributed by atoms with E-state index in [-0.39, 0.29) is 11.4 Å². The SMILES string of the molecule is Oc1ccc2c(c1)OC1(CCOCC1)C2. The van der Waals surface area contributed by atoms with Gasteiger partial charge >= 0.3 is 0 Å². The van der Waals surface area contributed by atoms with Crippen LogP contribution in [0.15, 0.2) is 18.2 Å². The molecule has 3 rings (SSSR count). The van der Waals surface area contributed by atoms with Crippen LogP contribution in [0.1, 0.15) is 18.4 Å². The molecular weight excluding hydrogens is 192 g/mol. The van der Waals surface area contributed by atoms with Crippen molar-refractivity contribution in [3.63, 3.8) is 0 Å². The molecule has 1 aromatic rings. The largest absolute Gasteiger partial charge is 0.508 e. The summed E-state index contributed by atoms with van der Waals surface area (Å²) in [4.78, 5) is 0. The van der Waals surface area contributed by atoms with E-state index in [1.54, 1.807) is 12.1 Å². The van der Waals surface area contributed by atoms with Gasteiger partial charge in [-0.25, -0.2) is 0 Å². The number of hydrogen-bond donors (Lipinski definition) is 1. The maximum absolute atomic E-state index is 9.38. The highest BCUT2D eigenvalue weighted by molar-refractivity contribution is 5.44. The lowest BCUT2D eigenvalue weighted by Gasteiger charge is -2.32. The first kappa shape index (κ1) is 9.04. The fourth-order valence-corrected chi connectivity index (χ4v) is 2.42. The van der Waals surface area contributed by atoms with E-state index in [0.717, 1.165) is 38.2 Å². The van der Waals surface area contributed by atoms with E-state index in [0.29, 0.717) is 0 Å². The summed E-state index contributed by atoms with van der Waals surface area (Å²) in [6, 6.07) is 5.38. The summed E-state index contributed by atoms with van der Waals surface area (Å²) in [5, 5.41) is 9.38. The molecule has 1 spiro atoms. The molecule has 2 heterocycles. The summed E-state index contributed by atoms with van der Waals surface area (Å²) >= 11 is 0. The van der Waals surface area contributed by atoms with Crippen LogP contribution in [-0.4, -0.2) is 23.9 Å². The highest BCUT2D eigenvalue weighted by Gasteiger charge is 2.40. The zero-order valence-electron chi connectivity index (χ0n) is 8.53. The molecule has 0 radical (unpaired) electrons. The fourth-order valence-electron chi connectivity index (χ4n) is 2.42. The zero-order valence-corrected chi connectivity index (χ0v) is 8.53. The number of benzene rings is 1. The summed E-state index contributed by atoms with van der Waals surface area (Å²) in [7, 11) is 0. The molecule has 80 valence electrons. The van der Waals surface area contributed by atoms with Crippen molar-refractivity contribution in [3.05, 3.63) is 23.8 Å². The minimum atomic E-state index is -0.0611. The third kappa shape index (κ3) is 1.47. The van der Waals surface area contributed by atoms with E-state index < -0.39 is 0 Å². The number of hydrogen-bond acceptors (Lipinski definition) is 3. The van der Waals surface area contributed by atoms with Gasteiger partial charge in [-0.2, -0.15) is 0 Å². The second kappa shape index (κ2) is 3.14. The lowest BCUT2D eigenvalue weighted by molar-refractivity contribution is -0.0330. The molecule has 1 fully saturated rings. The Morgan fingerprint density at radius 3 is 2.80 bits per heavy atom. The molecule has 1 N–H and O–H groups in total. The van der Waals surface area contributed by atoms with Gasteiger partial charge < -0.3 is 14.6 Å². The van der Waals surface area contributed by atoms with Crippen LogP contribution in [0.4, 0.5) is 0 Å². The molecule has 0 bridgehead atoms. The lowest BCUT2D eigenvalue weighted by atomic mass is 9.89. The third-order valence-corrected chi connectivity index (χ3v) is 3.29. The molecule has 0 aliphatic carbocycles. The predicted octanol–water partition coefficient (Wildman–Crippen LogP) is 1.88. The van der Waals surface area contributed by atoms with E-state index in [4.69, 9.17) is 9.47 Å². The highest BCUT2D eigenvalue weighted by Crippen LogP contribution is 2.41. The number of aromatic hydroxyl groups is 1. The average molecular weight is 206 g/mol. The van der Waals surface area contributed by atoms with Crippen LogP contribution in [0, 0.1) is 0 Å². The van der Waals surface area contributed by atoms with Crippen molar-refractivity contribution in [3.8, 4) is 11.5 Å². The summed E-state index contributed by atoms with van der Waals surface area (Å²) in [5.74, 6) is 1.12. The Bertz CT molecular complexity index is 380. The fraction of sp³-hybridized carbons (Fsp3) is 0.500. The number of rotatable bonds is 0. The van der Waals surface area contributed by atoms with Crippen LogP contribution in [0.2, 0.25) is 0 Å². The average Bonchev–Trinajstić information content (AvgIpc) is 2.56. The highest BCUT2D eigenvalue weighted by atomic mass is 16.5. The van der Waals surface area contributed by atoms with Crippen molar-refractivity contribution in [1.29, 1.82) is 0 Å². The number of ether oxygens (including phenoxy) is 2. The topological polar surface area (TPSA) is 38.7 Å². The molecule has 0 aromatic heterocycles. The van der Waals surface area contributed by atoms with Crippen molar-refractivity contribution >= 4 is 0 Å². The second-order valence-electron chi connectivity index (χ2n) is 4.37. The number of fused-ring (bicyclic) bond motifs is 1. The Hall–Kier alpha value is -1.22. The monoisotopic (exact) mass is 206 g/mol. The van der Waals surface area contributed by atoms with Crippen LogP contribution < -0.4 is 4.74 Å². The van der Waals surface area contributed by atoms with Gasteiger partial charge in [0.25, 0.3) is 0 Å². The standard InChI is InChI=1S/C12H14O3/c13-10-2-1-9-8-12(15-11(9)7-10)3-5-14-6-4-12/h1-2,7,13H,3-6,8H2. The van der Waals surface area contributed by atoms with Gasteiger partial charge in [0.2, 0.25) is 0 Å². The number of phenolic OH excluding ortho intramolecular Hbond substituents is 1. The van der Waals surface area contributed by atoms with Gasteiger partial charge in [-0.3, -0.25) is 0 Å². The third-order valence-electron chi connectivity index (χ3n) is 3.29. The first-order chi connectivity index (χ1) is 7.27. The van der Waals surface area contributed by atoms with Crippen molar-refractivity contribution < 1.29 is 14.6 Å². The molecule has 3 nitrogen and oxygen atoms in total. The molecule has 2 aliphatic heterocycles. The normalized spacial score (nSPS) is 22.4. The molecule has 1 saturated heterocycles. The van der Waals surface area contributed by atoms with Crippen LogP contribution in [0.25, 0.3) is 0 Å². The van der Waals surface area contributed by atoms with E-state index in [9.17, 15) is 5.11 Å². The quantitative estimate of drug-likeness (QED) is 0.704. The molecule has 1 aromatic carbocycles. The smallest absolute Gasteiger partial charge is 0.127 e. The molecule has 2 aliphatic rings. The summed E-state index contributed by atoms with van der Waals surface area (Å²) in [6.45, 7) is 1.56. The maximum atomic E-state index is 9.38. The van der Waals surface area contributed by atoms with Crippen molar-refractivity contribution in [2.24, 2.45) is 0 Å². The minimum Gasteiger partial charge on any atom is -0.508 e. The molecule has 0 saturated carbocycles. The van der Waals surface area contributed by atoms with Crippen LogP contribution in [0.5, 0.6) is 11.5 Å². The Kier molecular flexibility index (Phi) is 1.89. The summed E-state index contributed by atoms with van der Waals surface area (Å²) in [6.07, 6.45) is 2.84. The molecule has 0 atom stereocenters. The van der Waals surface area contributed by atoms with Crippen LogP contribution in [-0.2, 0) is 11.2 Å². The molecule has 0 amide bonds. The first-order valence-corrected chi connectivity index (χ1v) is 5.36. The van der Waals surface area contributed by atoms with Crippen molar-refractivity contribution in [2.75, 3.05) is 13.2 Å². The number of phenols is 1. The van der Waals surface area contributed by atoms with Gasteiger partial charge in [0.1, 0.15) is 17.1 Å². The lowest BCUT2D eigenvalue weighted by Crippen LogP contribution is -2.40. The maximum Gasteiger partial charge on any atom is 0.127 e. The van der Waals surface area contributed by atoms with Crippen LogP contribution >= 0.6 is 0 Å². The minimum absolute atomic E-state index is 0.0611. The van der Waals surface area contributed by atoms with E-state index >= 15 is 0 Å². The van der Waals surface area contributed by atoms with Crippen LogP contribution in [0.3, 0.4) is 0 Å².